The SMILES string of the molecule is CCOP(=O)(C(NC(=O)c1ccc(Cl)cc1)=C(Cl)Cl)c1ccccc1. The molecule has 4 nitrogen and oxygen atoms in total. The van der Waals surface area contributed by atoms with E-state index in [0.717, 1.165) is 0 Å². The largest absolute Gasteiger partial charge is 0.321 e. The second-order valence-corrected chi connectivity index (χ2v) is 8.59. The smallest absolute Gasteiger partial charge is 0.279 e. The predicted molar refractivity (Wildman–Crippen MR) is 103 cm³/mol. The molecule has 0 spiro atoms. The number of amides is 1. The van der Waals surface area contributed by atoms with E-state index >= 15 is 0 Å². The minimum absolute atomic E-state index is 0.146. The maximum absolute atomic E-state index is 13.5. The minimum atomic E-state index is -3.66. The van der Waals surface area contributed by atoms with Crippen LogP contribution in [0.5, 0.6) is 0 Å². The van der Waals surface area contributed by atoms with Crippen LogP contribution in [0.25, 0.3) is 0 Å². The first-order chi connectivity index (χ1) is 11.9. The van der Waals surface area contributed by atoms with Crippen LogP contribution in [-0.2, 0) is 9.09 Å². The van der Waals surface area contributed by atoms with Crippen molar-refractivity contribution in [3.63, 3.8) is 0 Å². The van der Waals surface area contributed by atoms with Crippen molar-refractivity contribution in [2.24, 2.45) is 0 Å². The number of rotatable bonds is 6. The molecule has 8 heteroatoms. The normalized spacial score (nSPS) is 13.0. The van der Waals surface area contributed by atoms with Gasteiger partial charge in [0.15, 0.2) is 0 Å². The highest BCUT2D eigenvalue weighted by molar-refractivity contribution is 7.71. The van der Waals surface area contributed by atoms with Gasteiger partial charge in [-0.3, -0.25) is 9.36 Å². The molecule has 1 unspecified atom stereocenters. The zero-order chi connectivity index (χ0) is 18.4. The van der Waals surface area contributed by atoms with Crippen LogP contribution in [0.3, 0.4) is 0 Å². The lowest BCUT2D eigenvalue weighted by Crippen LogP contribution is -2.26. The van der Waals surface area contributed by atoms with Crippen molar-refractivity contribution in [3.8, 4) is 0 Å². The van der Waals surface area contributed by atoms with E-state index in [9.17, 15) is 9.36 Å². The van der Waals surface area contributed by atoms with E-state index < -0.39 is 13.3 Å². The minimum Gasteiger partial charge on any atom is -0.321 e. The zero-order valence-electron chi connectivity index (χ0n) is 13.2. The molecule has 0 heterocycles. The summed E-state index contributed by atoms with van der Waals surface area (Å²) in [6.07, 6.45) is 0. The standard InChI is InChI=1S/C17H15Cl3NO3P/c1-2-24-25(23,14-6-4-3-5-7-14)17(15(19)20)21-16(22)12-8-10-13(18)11-9-12/h3-11H,2H2,1H3,(H,21,22). The van der Waals surface area contributed by atoms with Crippen molar-refractivity contribution >= 4 is 53.4 Å². The summed E-state index contributed by atoms with van der Waals surface area (Å²) in [6, 6.07) is 14.7. The number of benzene rings is 2. The van der Waals surface area contributed by atoms with E-state index in [2.05, 4.69) is 5.32 Å². The fourth-order valence-corrected chi connectivity index (χ4v) is 4.91. The first-order valence-corrected chi connectivity index (χ1v) is 10.1. The van der Waals surface area contributed by atoms with Crippen molar-refractivity contribution in [1.29, 1.82) is 0 Å². The summed E-state index contributed by atoms with van der Waals surface area (Å²) in [5, 5.41) is 3.39. The first kappa shape index (κ1) is 20.0. The predicted octanol–water partition coefficient (Wildman–Crippen LogP) is 5.31. The summed E-state index contributed by atoms with van der Waals surface area (Å²) in [4.78, 5) is 12.5. The Morgan fingerprint density at radius 1 is 1.08 bits per heavy atom. The molecule has 0 aliphatic heterocycles. The third-order valence-corrected chi connectivity index (χ3v) is 6.64. The summed E-state index contributed by atoms with van der Waals surface area (Å²) in [7, 11) is -3.66. The Bertz CT molecular complexity index is 819. The molecule has 0 radical (unpaired) electrons. The molecule has 132 valence electrons. The molecule has 1 N–H and O–H groups in total. The molecule has 0 bridgehead atoms. The third kappa shape index (κ3) is 4.87. The van der Waals surface area contributed by atoms with Gasteiger partial charge in [0, 0.05) is 15.9 Å². The van der Waals surface area contributed by atoms with Gasteiger partial charge in [-0.25, -0.2) is 0 Å². The molecule has 1 amide bonds. The Hall–Kier alpha value is -1.29. The molecule has 1 atom stereocenters. The molecule has 0 fully saturated rings. The monoisotopic (exact) mass is 417 g/mol. The molecule has 0 aromatic heterocycles. The van der Waals surface area contributed by atoms with E-state index in [1.807, 2.05) is 0 Å². The molecule has 2 aromatic rings. The van der Waals surface area contributed by atoms with Crippen molar-refractivity contribution < 1.29 is 13.9 Å². The highest BCUT2D eigenvalue weighted by atomic mass is 35.5. The average Bonchev–Trinajstić information content (AvgIpc) is 2.60. The summed E-state index contributed by atoms with van der Waals surface area (Å²) in [5.41, 5.74) is 0.149. The Morgan fingerprint density at radius 3 is 2.20 bits per heavy atom. The molecule has 0 saturated heterocycles. The van der Waals surface area contributed by atoms with Gasteiger partial charge in [0.1, 0.15) is 9.93 Å². The molecule has 0 aliphatic carbocycles. The van der Waals surface area contributed by atoms with Crippen LogP contribution in [0.1, 0.15) is 17.3 Å². The van der Waals surface area contributed by atoms with Gasteiger partial charge >= 0.3 is 0 Å². The second kappa shape index (κ2) is 8.88. The van der Waals surface area contributed by atoms with Crippen molar-refractivity contribution in [2.45, 2.75) is 6.92 Å². The molecule has 0 saturated carbocycles. The van der Waals surface area contributed by atoms with Gasteiger partial charge in [0.25, 0.3) is 13.3 Å². The lowest BCUT2D eigenvalue weighted by atomic mass is 10.2. The van der Waals surface area contributed by atoms with Crippen LogP contribution in [-0.4, -0.2) is 12.5 Å². The summed E-state index contributed by atoms with van der Waals surface area (Å²) >= 11 is 17.7. The number of hydrogen-bond acceptors (Lipinski definition) is 3. The van der Waals surface area contributed by atoms with Crippen LogP contribution in [0.2, 0.25) is 5.02 Å². The molecular formula is C17H15Cl3NO3P. The molecule has 25 heavy (non-hydrogen) atoms. The molecular weight excluding hydrogens is 404 g/mol. The summed E-state index contributed by atoms with van der Waals surface area (Å²) in [6.45, 7) is 1.84. The summed E-state index contributed by atoms with van der Waals surface area (Å²) < 4.78 is 18.6. The topological polar surface area (TPSA) is 55.4 Å². The lowest BCUT2D eigenvalue weighted by Gasteiger charge is -2.22. The number of carbonyl (C=O) groups excluding carboxylic acids is 1. The number of hydrogen-bond donors (Lipinski definition) is 1. The lowest BCUT2D eigenvalue weighted by molar-refractivity contribution is 0.0967. The molecule has 0 aliphatic rings. The average molecular weight is 419 g/mol. The van der Waals surface area contributed by atoms with Gasteiger partial charge in [-0.1, -0.05) is 53.0 Å². The maximum atomic E-state index is 13.5. The summed E-state index contributed by atoms with van der Waals surface area (Å²) in [5.74, 6) is -0.527. The zero-order valence-corrected chi connectivity index (χ0v) is 16.4. The van der Waals surface area contributed by atoms with E-state index in [1.54, 1.807) is 49.4 Å². The van der Waals surface area contributed by atoms with Crippen molar-refractivity contribution in [2.75, 3.05) is 6.61 Å². The second-order valence-electron chi connectivity index (χ2n) is 4.87. The Kier molecular flexibility index (Phi) is 7.12. The van der Waals surface area contributed by atoms with Crippen molar-refractivity contribution in [3.05, 3.63) is 75.1 Å². The number of carbonyl (C=O) groups is 1. The Morgan fingerprint density at radius 2 is 1.68 bits per heavy atom. The van der Waals surface area contributed by atoms with Gasteiger partial charge in [-0.2, -0.15) is 0 Å². The van der Waals surface area contributed by atoms with Crippen LogP contribution >= 0.6 is 42.2 Å². The fourth-order valence-electron chi connectivity index (χ4n) is 2.09. The van der Waals surface area contributed by atoms with E-state index in [0.29, 0.717) is 15.9 Å². The molecule has 2 rings (SSSR count). The Balaban J connectivity index is 2.42. The van der Waals surface area contributed by atoms with Gasteiger partial charge in [0.05, 0.1) is 6.61 Å². The van der Waals surface area contributed by atoms with Crippen molar-refractivity contribution in [1.82, 2.24) is 5.32 Å². The maximum Gasteiger partial charge on any atom is 0.279 e. The fraction of sp³-hybridized carbons (Fsp3) is 0.118. The van der Waals surface area contributed by atoms with Gasteiger partial charge in [0.2, 0.25) is 0 Å². The van der Waals surface area contributed by atoms with E-state index in [1.165, 1.54) is 12.1 Å². The highest BCUT2D eigenvalue weighted by Crippen LogP contribution is 2.54. The first-order valence-electron chi connectivity index (χ1n) is 7.31. The quantitative estimate of drug-likeness (QED) is 0.647. The van der Waals surface area contributed by atoms with E-state index in [4.69, 9.17) is 39.3 Å². The number of halogens is 3. The number of nitrogens with one attached hydrogen (secondary N) is 1. The van der Waals surface area contributed by atoms with Crippen LogP contribution in [0.15, 0.2) is 64.5 Å². The van der Waals surface area contributed by atoms with Crippen LogP contribution in [0, 0.1) is 0 Å². The van der Waals surface area contributed by atoms with Crippen LogP contribution < -0.4 is 10.6 Å². The third-order valence-electron chi connectivity index (χ3n) is 3.22. The molecule has 2 aromatic carbocycles. The van der Waals surface area contributed by atoms with Gasteiger partial charge in [-0.05, 0) is 43.3 Å². The van der Waals surface area contributed by atoms with Gasteiger partial charge < -0.3 is 9.84 Å². The Labute approximate surface area is 161 Å². The van der Waals surface area contributed by atoms with Gasteiger partial charge in [-0.15, -0.1) is 0 Å². The van der Waals surface area contributed by atoms with E-state index in [-0.39, 0.29) is 16.5 Å². The van der Waals surface area contributed by atoms with Crippen LogP contribution in [0.4, 0.5) is 0 Å². The highest BCUT2D eigenvalue weighted by Gasteiger charge is 2.34.